The third kappa shape index (κ3) is 5.43. The zero-order chi connectivity index (χ0) is 21.2. The van der Waals surface area contributed by atoms with E-state index in [-0.39, 0.29) is 17.6 Å². The lowest BCUT2D eigenvalue weighted by Crippen LogP contribution is -2.49. The van der Waals surface area contributed by atoms with Crippen LogP contribution in [0.3, 0.4) is 0 Å². The molecule has 1 saturated heterocycles. The summed E-state index contributed by atoms with van der Waals surface area (Å²) < 4.78 is 19.7. The maximum atomic E-state index is 13.9. The van der Waals surface area contributed by atoms with Gasteiger partial charge in [-0.25, -0.2) is 14.0 Å². The lowest BCUT2D eigenvalue weighted by molar-refractivity contribution is -0.164. The SMILES string of the molecule is CC1C[C@H](NC(=O)Nc2ccc(Br)cc2F)C(=O)N1[C@@H](C)C(=O)OC(C)(C)C. The van der Waals surface area contributed by atoms with Gasteiger partial charge in [-0.2, -0.15) is 0 Å². The van der Waals surface area contributed by atoms with Crippen LogP contribution in [0.4, 0.5) is 14.9 Å². The van der Waals surface area contributed by atoms with Gasteiger partial charge in [0, 0.05) is 10.5 Å². The smallest absolute Gasteiger partial charge is 0.329 e. The first-order chi connectivity index (χ1) is 12.9. The van der Waals surface area contributed by atoms with Crippen LogP contribution in [0, 0.1) is 5.82 Å². The van der Waals surface area contributed by atoms with Crippen molar-refractivity contribution < 1.29 is 23.5 Å². The second-order valence-electron chi connectivity index (χ2n) is 7.81. The maximum absolute atomic E-state index is 13.9. The van der Waals surface area contributed by atoms with Crippen LogP contribution in [0.15, 0.2) is 22.7 Å². The number of likely N-dealkylation sites (tertiary alicyclic amines) is 1. The van der Waals surface area contributed by atoms with Crippen LogP contribution in [-0.4, -0.2) is 46.5 Å². The number of nitrogens with one attached hydrogen (secondary N) is 2. The minimum Gasteiger partial charge on any atom is -0.458 e. The molecule has 0 aliphatic carbocycles. The van der Waals surface area contributed by atoms with Crippen molar-refractivity contribution in [1.29, 1.82) is 0 Å². The summed E-state index contributed by atoms with van der Waals surface area (Å²) in [6, 6.07) is 1.69. The molecule has 3 atom stereocenters. The molecule has 3 amide bonds. The molecule has 0 radical (unpaired) electrons. The van der Waals surface area contributed by atoms with Crippen molar-refractivity contribution >= 4 is 39.5 Å². The standard InChI is InChI=1S/C19H25BrFN3O4/c1-10-8-15(16(25)24(10)11(2)17(26)28-19(3,4)5)23-18(27)22-14-7-6-12(20)9-13(14)21/h6-7,9-11,15H,8H2,1-5H3,(H2,22,23,27)/t10?,11-,15-/m0/s1. The van der Waals surface area contributed by atoms with Crippen molar-refractivity contribution in [2.75, 3.05) is 5.32 Å². The summed E-state index contributed by atoms with van der Waals surface area (Å²) in [5.41, 5.74) is -0.665. The van der Waals surface area contributed by atoms with E-state index in [2.05, 4.69) is 26.6 Å². The van der Waals surface area contributed by atoms with Gasteiger partial charge in [-0.1, -0.05) is 15.9 Å². The Morgan fingerprint density at radius 1 is 1.36 bits per heavy atom. The number of halogens is 2. The van der Waals surface area contributed by atoms with Gasteiger partial charge < -0.3 is 20.3 Å². The highest BCUT2D eigenvalue weighted by Gasteiger charge is 2.43. The second kappa shape index (κ2) is 8.46. The van der Waals surface area contributed by atoms with Crippen molar-refractivity contribution in [3.05, 3.63) is 28.5 Å². The minimum atomic E-state index is -0.807. The second-order valence-corrected chi connectivity index (χ2v) is 8.73. The number of carbonyl (C=O) groups excluding carboxylic acids is 3. The predicted molar refractivity (Wildman–Crippen MR) is 106 cm³/mol. The van der Waals surface area contributed by atoms with Crippen LogP contribution in [0.1, 0.15) is 41.0 Å². The fraction of sp³-hybridized carbons (Fsp3) is 0.526. The quantitative estimate of drug-likeness (QED) is 0.677. The summed E-state index contributed by atoms with van der Waals surface area (Å²) in [6.07, 6.45) is 0.336. The number of benzene rings is 1. The molecule has 1 aromatic rings. The zero-order valence-electron chi connectivity index (χ0n) is 16.5. The molecule has 1 fully saturated rings. The van der Waals surface area contributed by atoms with Gasteiger partial charge in [-0.05, 0) is 59.2 Å². The van der Waals surface area contributed by atoms with Gasteiger partial charge in [-0.15, -0.1) is 0 Å². The Morgan fingerprint density at radius 3 is 2.57 bits per heavy atom. The number of amides is 3. The molecule has 9 heteroatoms. The molecule has 154 valence electrons. The zero-order valence-corrected chi connectivity index (χ0v) is 18.1. The number of nitrogens with zero attached hydrogens (tertiary/aromatic N) is 1. The molecule has 0 bridgehead atoms. The average molecular weight is 458 g/mol. The van der Waals surface area contributed by atoms with E-state index in [1.165, 1.54) is 17.0 Å². The number of urea groups is 1. The molecular formula is C19H25BrFN3O4. The molecule has 1 aliphatic rings. The lowest BCUT2D eigenvalue weighted by atomic mass is 10.1. The van der Waals surface area contributed by atoms with E-state index in [1.807, 2.05) is 0 Å². The van der Waals surface area contributed by atoms with Crippen molar-refractivity contribution in [1.82, 2.24) is 10.2 Å². The van der Waals surface area contributed by atoms with Gasteiger partial charge in [-0.3, -0.25) is 4.79 Å². The first kappa shape index (κ1) is 22.1. The fourth-order valence-corrected chi connectivity index (χ4v) is 3.39. The van der Waals surface area contributed by atoms with Gasteiger partial charge in [0.05, 0.1) is 5.69 Å². The largest absolute Gasteiger partial charge is 0.458 e. The third-order valence-corrected chi connectivity index (χ3v) is 4.75. The Morgan fingerprint density at radius 2 is 2.00 bits per heavy atom. The molecule has 0 spiro atoms. The monoisotopic (exact) mass is 457 g/mol. The number of carbonyl (C=O) groups is 3. The Balaban J connectivity index is 2.01. The number of hydrogen-bond acceptors (Lipinski definition) is 4. The van der Waals surface area contributed by atoms with E-state index in [1.54, 1.807) is 40.7 Å². The predicted octanol–water partition coefficient (Wildman–Crippen LogP) is 3.43. The summed E-state index contributed by atoms with van der Waals surface area (Å²) in [6.45, 7) is 8.66. The highest BCUT2D eigenvalue weighted by molar-refractivity contribution is 9.10. The first-order valence-electron chi connectivity index (χ1n) is 8.96. The third-order valence-electron chi connectivity index (χ3n) is 4.25. The van der Waals surface area contributed by atoms with Crippen molar-refractivity contribution in [2.45, 2.75) is 64.8 Å². The minimum absolute atomic E-state index is 0.00169. The Kier molecular flexibility index (Phi) is 6.69. The normalized spacial score (nSPS) is 20.7. The molecule has 1 aliphatic heterocycles. The topological polar surface area (TPSA) is 87.7 Å². The molecule has 2 N–H and O–H groups in total. The van der Waals surface area contributed by atoms with Crippen LogP contribution in [0.2, 0.25) is 0 Å². The highest BCUT2D eigenvalue weighted by Crippen LogP contribution is 2.24. The average Bonchev–Trinajstić information content (AvgIpc) is 2.81. The van der Waals surface area contributed by atoms with Crippen LogP contribution in [-0.2, 0) is 14.3 Å². The van der Waals surface area contributed by atoms with Crippen LogP contribution < -0.4 is 10.6 Å². The molecule has 28 heavy (non-hydrogen) atoms. The molecular weight excluding hydrogens is 433 g/mol. The van der Waals surface area contributed by atoms with Crippen LogP contribution >= 0.6 is 15.9 Å². The van der Waals surface area contributed by atoms with E-state index >= 15 is 0 Å². The number of rotatable bonds is 4. The molecule has 0 aromatic heterocycles. The number of hydrogen-bond donors (Lipinski definition) is 2. The highest BCUT2D eigenvalue weighted by atomic mass is 79.9. The van der Waals surface area contributed by atoms with Crippen molar-refractivity contribution in [2.24, 2.45) is 0 Å². The summed E-state index contributed by atoms with van der Waals surface area (Å²) in [4.78, 5) is 38.6. The Labute approximate surface area is 172 Å². The molecule has 0 saturated carbocycles. The summed E-state index contributed by atoms with van der Waals surface area (Å²) in [5, 5.41) is 4.94. The van der Waals surface area contributed by atoms with E-state index in [9.17, 15) is 18.8 Å². The van der Waals surface area contributed by atoms with Gasteiger partial charge in [0.1, 0.15) is 23.5 Å². The van der Waals surface area contributed by atoms with Gasteiger partial charge in [0.2, 0.25) is 5.91 Å². The Bertz CT molecular complexity index is 781. The van der Waals surface area contributed by atoms with Crippen molar-refractivity contribution in [3.8, 4) is 0 Å². The fourth-order valence-electron chi connectivity index (χ4n) is 3.05. The summed E-state index contributed by atoms with van der Waals surface area (Å²) >= 11 is 3.14. The number of anilines is 1. The van der Waals surface area contributed by atoms with E-state index in [0.29, 0.717) is 10.9 Å². The Hall–Kier alpha value is -2.16. The molecule has 7 nitrogen and oxygen atoms in total. The molecule has 1 heterocycles. The summed E-state index contributed by atoms with van der Waals surface area (Å²) in [5.74, 6) is -1.48. The first-order valence-corrected chi connectivity index (χ1v) is 9.76. The molecule has 1 aromatic carbocycles. The lowest BCUT2D eigenvalue weighted by Gasteiger charge is -2.30. The van der Waals surface area contributed by atoms with E-state index in [4.69, 9.17) is 4.74 Å². The molecule has 1 unspecified atom stereocenters. The van der Waals surface area contributed by atoms with E-state index in [0.717, 1.165) is 0 Å². The van der Waals surface area contributed by atoms with Gasteiger partial charge in [0.25, 0.3) is 0 Å². The van der Waals surface area contributed by atoms with Gasteiger partial charge >= 0.3 is 12.0 Å². The van der Waals surface area contributed by atoms with E-state index < -0.39 is 35.5 Å². The van der Waals surface area contributed by atoms with Crippen LogP contribution in [0.5, 0.6) is 0 Å². The molecule has 2 rings (SSSR count). The number of esters is 1. The summed E-state index contributed by atoms with van der Waals surface area (Å²) in [7, 11) is 0. The van der Waals surface area contributed by atoms with Crippen molar-refractivity contribution in [3.63, 3.8) is 0 Å². The number of ether oxygens (including phenoxy) is 1. The van der Waals surface area contributed by atoms with Gasteiger partial charge in [0.15, 0.2) is 0 Å². The maximum Gasteiger partial charge on any atom is 0.329 e. The van der Waals surface area contributed by atoms with Crippen LogP contribution in [0.25, 0.3) is 0 Å².